The molecule has 4 heteroatoms. The Hall–Kier alpha value is 0.190. The molecule has 0 bridgehead atoms. The molecule has 0 aromatic rings. The monoisotopic (exact) mass is 194 g/mol. The van der Waals surface area contributed by atoms with Gasteiger partial charge in [0.1, 0.15) is 0 Å². The van der Waals surface area contributed by atoms with Gasteiger partial charge in [-0.25, -0.2) is 0 Å². The quantitative estimate of drug-likeness (QED) is 0.503. The predicted molar refractivity (Wildman–Crippen MR) is 14.5 cm³/mol. The van der Waals surface area contributed by atoms with E-state index >= 15 is 0 Å². The molecule has 0 radical (unpaired) electrons. The Kier molecular flexibility index (Phi) is 7.50. The van der Waals surface area contributed by atoms with E-state index in [0.717, 1.165) is 0 Å². The van der Waals surface area contributed by atoms with Crippen LogP contribution in [0.15, 0.2) is 0 Å². The third-order valence-electron chi connectivity index (χ3n) is 0. The zero-order chi connectivity index (χ0) is 3.58. The van der Waals surface area contributed by atoms with Gasteiger partial charge in [-0.1, -0.05) is 7.43 Å². The molecule has 0 spiro atoms. The van der Waals surface area contributed by atoms with Gasteiger partial charge in [0.05, 0.1) is 0 Å². The van der Waals surface area contributed by atoms with Gasteiger partial charge in [-0.2, -0.15) is 0 Å². The van der Waals surface area contributed by atoms with Crippen LogP contribution >= 0.6 is 0 Å². The average Bonchev–Trinajstić information content (AvgIpc) is 0.811. The van der Waals surface area contributed by atoms with Crippen molar-refractivity contribution < 1.29 is 9.31 Å². The molecule has 0 atom stereocenters. The summed E-state index contributed by atoms with van der Waals surface area (Å²) in [6.45, 7) is 0. The first-order chi connectivity index (χ1) is 1.73. The van der Waals surface area contributed by atoms with Crippen LogP contribution in [-0.4, -0.2) is 19.5 Å². The molecule has 0 saturated carbocycles. The molecule has 0 fully saturated rings. The molecule has 32 valence electrons. The van der Waals surface area contributed by atoms with E-state index in [9.17, 15) is 0 Å². The van der Waals surface area contributed by atoms with Crippen LogP contribution in [0.4, 0.5) is 0 Å². The Bertz CT molecular complexity index is 76.3. The summed E-state index contributed by atoms with van der Waals surface area (Å²) in [5.41, 5.74) is 0. The summed E-state index contributed by atoms with van der Waals surface area (Å²) in [6, 6.07) is 0. The van der Waals surface area contributed by atoms with Gasteiger partial charge >= 0.3 is 28.8 Å². The third-order valence-corrected chi connectivity index (χ3v) is 0. The molecule has 0 aliphatic rings. The second-order valence-electron chi connectivity index (χ2n) is 0.204. The van der Waals surface area contributed by atoms with Gasteiger partial charge < -0.3 is 0 Å². The van der Waals surface area contributed by atoms with E-state index in [1.807, 2.05) is 0 Å². The average molecular weight is 192 g/mol. The van der Waals surface area contributed by atoms with E-state index < -0.39 is 19.5 Å². The van der Waals surface area contributed by atoms with Crippen LogP contribution in [0.5, 0.6) is 0 Å². The van der Waals surface area contributed by atoms with E-state index in [2.05, 4.69) is 0 Å². The molecule has 0 aliphatic carbocycles. The Morgan fingerprint density at radius 3 is 1.00 bits per heavy atom. The van der Waals surface area contributed by atoms with Gasteiger partial charge in [0.25, 0.3) is 0 Å². The minimum atomic E-state index is -4.11. The van der Waals surface area contributed by atoms with Crippen LogP contribution in [-0.2, 0) is 9.31 Å². The molecule has 0 amide bonds. The zero-order valence-corrected chi connectivity index (χ0v) is 3.96. The molecule has 5 heavy (non-hydrogen) atoms. The molecule has 0 unspecified atom stereocenters. The van der Waals surface area contributed by atoms with Crippen LogP contribution in [0.25, 0.3) is 0 Å². The molecule has 0 saturated heterocycles. The van der Waals surface area contributed by atoms with Crippen molar-refractivity contribution in [2.24, 2.45) is 0 Å². The predicted octanol–water partition coefficient (Wildman–Crippen LogP) is -0.101. The first-order valence-electron chi connectivity index (χ1n) is 0.500. The zero-order valence-electron chi connectivity index (χ0n) is 1.63. The van der Waals surface area contributed by atoms with E-state index in [1.165, 1.54) is 0 Å². The van der Waals surface area contributed by atoms with Crippen molar-refractivity contribution in [1.82, 2.24) is 0 Å². The van der Waals surface area contributed by atoms with Crippen molar-refractivity contribution in [2.45, 2.75) is 7.43 Å². The third kappa shape index (κ3) is 559. The first-order valence-corrected chi connectivity index (χ1v) is 3.35. The summed E-state index contributed by atoms with van der Waals surface area (Å²) in [4.78, 5) is 0. The summed E-state index contributed by atoms with van der Waals surface area (Å²) >= 11 is -4.11. The first kappa shape index (κ1) is 8.95. The molecular formula is CH4O3Te. The molecule has 3 nitrogen and oxygen atoms in total. The van der Waals surface area contributed by atoms with Crippen molar-refractivity contribution in [3.63, 3.8) is 0 Å². The standard InChI is InChI=1S/CH4.O3Te/c;1-4(2)3/h1H4;. The summed E-state index contributed by atoms with van der Waals surface area (Å²) in [5, 5.41) is 0. The topological polar surface area (TPSA) is 51.2 Å². The van der Waals surface area contributed by atoms with Crippen molar-refractivity contribution >= 4 is 19.5 Å². The fourth-order valence-corrected chi connectivity index (χ4v) is 0. The van der Waals surface area contributed by atoms with Crippen LogP contribution in [0.3, 0.4) is 0 Å². The van der Waals surface area contributed by atoms with Crippen LogP contribution in [0.2, 0.25) is 0 Å². The van der Waals surface area contributed by atoms with Gasteiger partial charge in [0.2, 0.25) is 0 Å². The Labute approximate surface area is 36.8 Å². The molecule has 0 aromatic heterocycles. The van der Waals surface area contributed by atoms with Crippen LogP contribution in [0, 0.1) is 0 Å². The van der Waals surface area contributed by atoms with Crippen LogP contribution < -0.4 is 0 Å². The normalized spacial score (nSPS) is 4.80. The van der Waals surface area contributed by atoms with Crippen molar-refractivity contribution in [3.8, 4) is 0 Å². The SMILES string of the molecule is C.O=[Te](=O)=O. The maximum atomic E-state index is 8.59. The molecule has 0 aliphatic heterocycles. The molecule has 0 heterocycles. The minimum absolute atomic E-state index is 0. The van der Waals surface area contributed by atoms with Gasteiger partial charge in [0.15, 0.2) is 0 Å². The molecule has 0 N–H and O–H groups in total. The van der Waals surface area contributed by atoms with E-state index in [-0.39, 0.29) is 7.43 Å². The van der Waals surface area contributed by atoms with Crippen molar-refractivity contribution in [1.29, 1.82) is 0 Å². The van der Waals surface area contributed by atoms with E-state index in [4.69, 9.17) is 9.31 Å². The molecule has 0 aromatic carbocycles. The van der Waals surface area contributed by atoms with Gasteiger partial charge in [0, 0.05) is 0 Å². The fourth-order valence-electron chi connectivity index (χ4n) is 0. The number of rotatable bonds is 0. The Morgan fingerprint density at radius 2 is 1.00 bits per heavy atom. The second kappa shape index (κ2) is 4.19. The molecule has 0 rings (SSSR count). The summed E-state index contributed by atoms with van der Waals surface area (Å²) in [5.74, 6) is 0. The molecular weight excluding hydrogens is 188 g/mol. The summed E-state index contributed by atoms with van der Waals surface area (Å²) in [7, 11) is 0. The van der Waals surface area contributed by atoms with E-state index in [0.29, 0.717) is 0 Å². The van der Waals surface area contributed by atoms with E-state index in [1.54, 1.807) is 0 Å². The summed E-state index contributed by atoms with van der Waals surface area (Å²) < 4.78 is 25.8. The van der Waals surface area contributed by atoms with Crippen LogP contribution in [0.1, 0.15) is 7.43 Å². The Morgan fingerprint density at radius 1 is 1.00 bits per heavy atom. The van der Waals surface area contributed by atoms with Gasteiger partial charge in [-0.3, -0.25) is 0 Å². The maximum absolute atomic E-state index is 8.59. The number of hydrogen-bond acceptors (Lipinski definition) is 3. The van der Waals surface area contributed by atoms with Gasteiger partial charge in [-0.15, -0.1) is 0 Å². The number of hydrogen-bond donors (Lipinski definition) is 0. The van der Waals surface area contributed by atoms with Crippen molar-refractivity contribution in [2.75, 3.05) is 0 Å². The van der Waals surface area contributed by atoms with Gasteiger partial charge in [-0.05, 0) is 0 Å². The fraction of sp³-hybridized carbons (Fsp3) is 1.00. The van der Waals surface area contributed by atoms with Crippen molar-refractivity contribution in [3.05, 3.63) is 0 Å². The Balaban J connectivity index is 0. The second-order valence-corrected chi connectivity index (χ2v) is 1.37. The summed E-state index contributed by atoms with van der Waals surface area (Å²) in [6.07, 6.45) is 0.